The van der Waals surface area contributed by atoms with Crippen LogP contribution in [0.2, 0.25) is 0 Å². The number of ether oxygens (including phenoxy) is 2. The predicted octanol–water partition coefficient (Wildman–Crippen LogP) is 4.51. The van der Waals surface area contributed by atoms with E-state index in [0.717, 1.165) is 25.7 Å². The lowest BCUT2D eigenvalue weighted by Gasteiger charge is -2.10. The highest BCUT2D eigenvalue weighted by Gasteiger charge is 2.13. The van der Waals surface area contributed by atoms with Crippen LogP contribution in [-0.2, 0) is 0 Å². The van der Waals surface area contributed by atoms with Gasteiger partial charge in [-0.2, -0.15) is 0 Å². The first-order valence-corrected chi connectivity index (χ1v) is 9.70. The van der Waals surface area contributed by atoms with Crippen LogP contribution in [0, 0.1) is 0 Å². The topological polar surface area (TPSA) is 124 Å². The number of hydrogen-bond donors (Lipinski definition) is 4. The van der Waals surface area contributed by atoms with Gasteiger partial charge in [-0.05, 0) is 62.1 Å². The molecule has 0 aliphatic rings. The predicted molar refractivity (Wildman–Crippen MR) is 114 cm³/mol. The third-order valence-corrected chi connectivity index (χ3v) is 4.85. The normalized spacial score (nSPS) is 12.1. The van der Waals surface area contributed by atoms with E-state index in [2.05, 4.69) is 10.3 Å². The second kappa shape index (κ2) is 11.5. The van der Waals surface area contributed by atoms with E-state index in [1.165, 1.54) is 26.4 Å². The Kier molecular flexibility index (Phi) is 8.80. The van der Waals surface area contributed by atoms with Gasteiger partial charge >= 0.3 is 0 Å². The van der Waals surface area contributed by atoms with E-state index >= 15 is 0 Å². The Balaban J connectivity index is 1.84. The number of aromatic hydroxyl groups is 2. The van der Waals surface area contributed by atoms with E-state index in [9.17, 15) is 20.6 Å². The smallest absolute Gasteiger partial charge is 0.125 e. The van der Waals surface area contributed by atoms with Crippen molar-refractivity contribution in [3.63, 3.8) is 0 Å². The quantitative estimate of drug-likeness (QED) is 0.185. The molecule has 0 bridgehead atoms. The van der Waals surface area contributed by atoms with Crippen LogP contribution in [0.5, 0.6) is 23.0 Å². The molecule has 4 N–H and O–H groups in total. The van der Waals surface area contributed by atoms with Crippen LogP contribution in [-0.4, -0.2) is 46.3 Å². The third-order valence-electron chi connectivity index (χ3n) is 4.85. The van der Waals surface area contributed by atoms with Crippen molar-refractivity contribution in [3.8, 4) is 23.0 Å². The van der Waals surface area contributed by atoms with E-state index in [1.54, 1.807) is 24.3 Å². The van der Waals surface area contributed by atoms with E-state index in [0.29, 0.717) is 46.9 Å². The number of hydrogen-bond acceptors (Lipinski definition) is 8. The fraction of sp³-hybridized carbons (Fsp3) is 0.364. The van der Waals surface area contributed by atoms with Gasteiger partial charge in [0, 0.05) is 11.1 Å². The van der Waals surface area contributed by atoms with Gasteiger partial charge in [-0.1, -0.05) is 23.2 Å². The summed E-state index contributed by atoms with van der Waals surface area (Å²) in [6, 6.07) is 9.54. The van der Waals surface area contributed by atoms with Crippen molar-refractivity contribution in [3.05, 3.63) is 47.5 Å². The van der Waals surface area contributed by atoms with Crippen LogP contribution in [0.25, 0.3) is 0 Å². The highest BCUT2D eigenvalue weighted by atomic mass is 16.5. The highest BCUT2D eigenvalue weighted by Crippen LogP contribution is 2.27. The zero-order valence-electron chi connectivity index (χ0n) is 17.2. The summed E-state index contributed by atoms with van der Waals surface area (Å²) in [5, 5.41) is 45.3. The van der Waals surface area contributed by atoms with Gasteiger partial charge in [0.05, 0.1) is 25.6 Å². The molecule has 2 rings (SSSR count). The van der Waals surface area contributed by atoms with Crippen molar-refractivity contribution in [2.45, 2.75) is 38.5 Å². The molecule has 162 valence electrons. The Morgan fingerprint density at radius 3 is 1.43 bits per heavy atom. The summed E-state index contributed by atoms with van der Waals surface area (Å²) in [7, 11) is 3.06. The molecule has 0 saturated heterocycles. The van der Waals surface area contributed by atoms with Crippen LogP contribution in [0.4, 0.5) is 0 Å². The molecule has 0 saturated carbocycles. The molecule has 0 aromatic heterocycles. The minimum atomic E-state index is 0.0329. The minimum Gasteiger partial charge on any atom is -0.507 e. The SMILES string of the molecule is COc1ccc(O)c(/C(CCCCCC/C(=N/O)c2cc(OC)ccc2O)=N\O)c1. The molecular formula is C22H28N2O6. The first kappa shape index (κ1) is 22.9. The Labute approximate surface area is 175 Å². The van der Waals surface area contributed by atoms with Gasteiger partial charge in [-0.15, -0.1) is 0 Å². The number of nitrogens with zero attached hydrogens (tertiary/aromatic N) is 2. The summed E-state index contributed by atoms with van der Waals surface area (Å²) in [5.41, 5.74) is 1.68. The van der Waals surface area contributed by atoms with E-state index in [1.807, 2.05) is 0 Å². The van der Waals surface area contributed by atoms with Crippen LogP contribution in [0.1, 0.15) is 49.7 Å². The minimum absolute atomic E-state index is 0.0329. The Hall–Kier alpha value is -3.42. The van der Waals surface area contributed by atoms with E-state index in [4.69, 9.17) is 9.47 Å². The van der Waals surface area contributed by atoms with Crippen molar-refractivity contribution < 1.29 is 30.1 Å². The maximum atomic E-state index is 10.0. The molecule has 30 heavy (non-hydrogen) atoms. The Morgan fingerprint density at radius 2 is 1.10 bits per heavy atom. The average molecular weight is 416 g/mol. The largest absolute Gasteiger partial charge is 0.507 e. The molecule has 0 aliphatic heterocycles. The Bertz CT molecular complexity index is 822. The maximum Gasteiger partial charge on any atom is 0.125 e. The highest BCUT2D eigenvalue weighted by molar-refractivity contribution is 6.03. The number of oxime groups is 2. The molecule has 2 aromatic carbocycles. The second-order valence-electron chi connectivity index (χ2n) is 6.77. The fourth-order valence-corrected chi connectivity index (χ4v) is 3.16. The molecule has 0 radical (unpaired) electrons. The summed E-state index contributed by atoms with van der Waals surface area (Å²) >= 11 is 0. The summed E-state index contributed by atoms with van der Waals surface area (Å²) < 4.78 is 10.3. The lowest BCUT2D eigenvalue weighted by atomic mass is 9.99. The molecule has 8 nitrogen and oxygen atoms in total. The monoisotopic (exact) mass is 416 g/mol. The molecule has 0 unspecified atom stereocenters. The molecule has 0 heterocycles. The number of benzene rings is 2. The van der Waals surface area contributed by atoms with Gasteiger partial charge in [0.1, 0.15) is 23.0 Å². The molecule has 2 aromatic rings. The van der Waals surface area contributed by atoms with Gasteiger partial charge in [-0.3, -0.25) is 0 Å². The molecular weight excluding hydrogens is 388 g/mol. The van der Waals surface area contributed by atoms with Crippen LogP contribution < -0.4 is 9.47 Å². The molecule has 0 spiro atoms. The second-order valence-corrected chi connectivity index (χ2v) is 6.77. The molecule has 8 heteroatoms. The number of methoxy groups -OCH3 is 2. The number of phenols is 2. The van der Waals surface area contributed by atoms with Crippen molar-refractivity contribution in [1.82, 2.24) is 0 Å². The molecule has 0 amide bonds. The van der Waals surface area contributed by atoms with Crippen LogP contribution >= 0.6 is 0 Å². The zero-order chi connectivity index (χ0) is 21.9. The fourth-order valence-electron chi connectivity index (χ4n) is 3.16. The zero-order valence-corrected chi connectivity index (χ0v) is 17.2. The van der Waals surface area contributed by atoms with Crippen molar-refractivity contribution in [2.75, 3.05) is 14.2 Å². The maximum absolute atomic E-state index is 10.0. The summed E-state index contributed by atoms with van der Waals surface area (Å²) in [6.45, 7) is 0. The van der Waals surface area contributed by atoms with Crippen LogP contribution in [0.3, 0.4) is 0 Å². The lowest BCUT2D eigenvalue weighted by molar-refractivity contribution is 0.317. The summed E-state index contributed by atoms with van der Waals surface area (Å²) in [6.07, 6.45) is 4.21. The van der Waals surface area contributed by atoms with E-state index in [-0.39, 0.29) is 11.5 Å². The van der Waals surface area contributed by atoms with Gasteiger partial charge < -0.3 is 30.1 Å². The summed E-state index contributed by atoms with van der Waals surface area (Å²) in [5.74, 6) is 1.21. The van der Waals surface area contributed by atoms with Crippen LogP contribution in [0.15, 0.2) is 46.7 Å². The number of phenolic OH excluding ortho intramolecular Hbond substituents is 2. The standard InChI is InChI=1S/C22H28N2O6/c1-29-15-9-11-21(25)17(13-15)19(23-27)7-5-3-4-6-8-20(24-28)18-14-16(30-2)10-12-22(18)26/h9-14,25-28H,3-8H2,1-2H3/b23-19-,24-20-. The first-order chi connectivity index (χ1) is 14.5. The average Bonchev–Trinajstić information content (AvgIpc) is 2.77. The lowest BCUT2D eigenvalue weighted by Crippen LogP contribution is -2.03. The molecule has 0 atom stereocenters. The molecule has 0 fully saturated rings. The van der Waals surface area contributed by atoms with Crippen molar-refractivity contribution >= 4 is 11.4 Å². The summed E-state index contributed by atoms with van der Waals surface area (Å²) in [4.78, 5) is 0. The van der Waals surface area contributed by atoms with Gasteiger partial charge in [-0.25, -0.2) is 0 Å². The number of unbranched alkanes of at least 4 members (excludes halogenated alkanes) is 3. The van der Waals surface area contributed by atoms with Crippen molar-refractivity contribution in [2.24, 2.45) is 10.3 Å². The van der Waals surface area contributed by atoms with Crippen molar-refractivity contribution in [1.29, 1.82) is 0 Å². The first-order valence-electron chi connectivity index (χ1n) is 9.70. The number of rotatable bonds is 11. The van der Waals surface area contributed by atoms with Gasteiger partial charge in [0.15, 0.2) is 0 Å². The van der Waals surface area contributed by atoms with Gasteiger partial charge in [0.2, 0.25) is 0 Å². The van der Waals surface area contributed by atoms with Gasteiger partial charge in [0.25, 0.3) is 0 Å². The van der Waals surface area contributed by atoms with E-state index < -0.39 is 0 Å². The molecule has 0 aliphatic carbocycles. The third kappa shape index (κ3) is 6.04. The Morgan fingerprint density at radius 1 is 0.700 bits per heavy atom.